The first-order valence-electron chi connectivity index (χ1n) is 5.73. The molecule has 0 radical (unpaired) electrons. The fourth-order valence-corrected chi connectivity index (χ4v) is 1.98. The number of quaternary nitrogens is 1. The average Bonchev–Trinajstić information content (AvgIpc) is 2.24. The van der Waals surface area contributed by atoms with Crippen molar-refractivity contribution in [3.05, 3.63) is 0 Å². The Morgan fingerprint density at radius 2 is 1.79 bits per heavy atom. The normalized spacial score (nSPS) is 14.4. The van der Waals surface area contributed by atoms with E-state index >= 15 is 0 Å². The average molecular weight is 223 g/mol. The van der Waals surface area contributed by atoms with Gasteiger partial charge < -0.3 is 9.59 Å². The Balaban J connectivity index is 4.20. The largest absolute Gasteiger partial charge is 0.386 e. The maximum Gasteiger partial charge on any atom is 0.116 e. The van der Waals surface area contributed by atoms with Crippen LogP contribution in [0.2, 0.25) is 0 Å². The van der Waals surface area contributed by atoms with Gasteiger partial charge in [-0.3, -0.25) is 0 Å². The van der Waals surface area contributed by atoms with Gasteiger partial charge in [-0.2, -0.15) is 0 Å². The zero-order chi connectivity index (χ0) is 11.0. The highest BCUT2D eigenvalue weighted by Crippen LogP contribution is 2.11. The van der Waals surface area contributed by atoms with Gasteiger partial charge in [0.1, 0.15) is 12.6 Å². The van der Waals surface area contributed by atoms with E-state index in [4.69, 9.17) is 11.6 Å². The third-order valence-corrected chi connectivity index (χ3v) is 3.46. The Morgan fingerprint density at radius 3 is 2.14 bits per heavy atom. The van der Waals surface area contributed by atoms with Crippen molar-refractivity contribution in [3.8, 4) is 0 Å². The lowest BCUT2D eigenvalue weighted by molar-refractivity contribution is -0.927. The van der Waals surface area contributed by atoms with Gasteiger partial charge >= 0.3 is 0 Å². The lowest BCUT2D eigenvalue weighted by atomic mass is 10.2. The Morgan fingerprint density at radius 1 is 1.21 bits per heavy atom. The van der Waals surface area contributed by atoms with Crippen LogP contribution in [0, 0.1) is 0 Å². The van der Waals surface area contributed by atoms with Crippen LogP contribution in [-0.2, 0) is 0 Å². The summed E-state index contributed by atoms with van der Waals surface area (Å²) in [5.74, 6) is 0.353. The van der Waals surface area contributed by atoms with E-state index in [1.807, 2.05) is 0 Å². The highest BCUT2D eigenvalue weighted by molar-refractivity contribution is 6.18. The molecule has 1 N–H and O–H groups in total. The minimum atomic E-state index is -0.353. The topological polar surface area (TPSA) is 20.2 Å². The van der Waals surface area contributed by atoms with E-state index in [-0.39, 0.29) is 6.10 Å². The second-order valence-electron chi connectivity index (χ2n) is 4.04. The van der Waals surface area contributed by atoms with E-state index in [0.717, 1.165) is 30.7 Å². The molecule has 0 rings (SSSR count). The highest BCUT2D eigenvalue weighted by Gasteiger charge is 2.25. The molecule has 0 saturated heterocycles. The molecule has 0 fully saturated rings. The smallest absolute Gasteiger partial charge is 0.116 e. The number of aliphatic hydroxyl groups is 1. The summed E-state index contributed by atoms with van der Waals surface area (Å²) in [6, 6.07) is 0. The van der Waals surface area contributed by atoms with Crippen molar-refractivity contribution >= 4 is 11.6 Å². The second-order valence-corrected chi connectivity index (χ2v) is 4.35. The summed E-state index contributed by atoms with van der Waals surface area (Å²) in [5, 5.41) is 9.61. The van der Waals surface area contributed by atoms with Gasteiger partial charge in [-0.25, -0.2) is 0 Å². The Labute approximate surface area is 93.5 Å². The molecule has 0 aromatic rings. The summed E-state index contributed by atoms with van der Waals surface area (Å²) in [7, 11) is 0. The van der Waals surface area contributed by atoms with Gasteiger partial charge in [0, 0.05) is 0 Å². The number of aliphatic hydroxyl groups excluding tert-OH is 1. The monoisotopic (exact) mass is 222 g/mol. The van der Waals surface area contributed by atoms with Gasteiger partial charge in [-0.05, 0) is 20.3 Å². The van der Waals surface area contributed by atoms with Crippen molar-refractivity contribution < 1.29 is 9.59 Å². The Hall–Kier alpha value is 0.210. The van der Waals surface area contributed by atoms with Gasteiger partial charge in [0.25, 0.3) is 0 Å². The Kier molecular flexibility index (Phi) is 7.61. The summed E-state index contributed by atoms with van der Waals surface area (Å²) < 4.78 is 1.00. The van der Waals surface area contributed by atoms with E-state index in [2.05, 4.69) is 20.8 Å². The third kappa shape index (κ3) is 4.63. The van der Waals surface area contributed by atoms with Gasteiger partial charge in [0.05, 0.1) is 25.5 Å². The first kappa shape index (κ1) is 14.2. The van der Waals surface area contributed by atoms with Gasteiger partial charge in [0.2, 0.25) is 0 Å². The summed E-state index contributed by atoms with van der Waals surface area (Å²) in [5.41, 5.74) is 0. The molecule has 0 aromatic heterocycles. The van der Waals surface area contributed by atoms with Crippen molar-refractivity contribution in [2.45, 2.75) is 39.7 Å². The van der Waals surface area contributed by atoms with Crippen LogP contribution in [0.3, 0.4) is 0 Å². The predicted molar refractivity (Wildman–Crippen MR) is 62.7 cm³/mol. The van der Waals surface area contributed by atoms with E-state index in [1.165, 1.54) is 12.8 Å². The minimum absolute atomic E-state index is 0.353. The molecule has 1 atom stereocenters. The molecule has 86 valence electrons. The van der Waals surface area contributed by atoms with E-state index in [9.17, 15) is 5.11 Å². The van der Waals surface area contributed by atoms with Crippen molar-refractivity contribution in [1.82, 2.24) is 0 Å². The van der Waals surface area contributed by atoms with E-state index in [1.54, 1.807) is 0 Å². The van der Waals surface area contributed by atoms with Crippen LogP contribution in [0.5, 0.6) is 0 Å². The number of nitrogens with zero attached hydrogens (tertiary/aromatic N) is 1. The molecule has 2 nitrogen and oxygen atoms in total. The first-order chi connectivity index (χ1) is 6.64. The van der Waals surface area contributed by atoms with E-state index < -0.39 is 0 Å². The first-order valence-corrected chi connectivity index (χ1v) is 6.26. The molecule has 3 heteroatoms. The zero-order valence-electron chi connectivity index (χ0n) is 9.80. The summed E-state index contributed by atoms with van der Waals surface area (Å²) in [6.45, 7) is 10.7. The van der Waals surface area contributed by atoms with Crippen LogP contribution in [0.1, 0.15) is 33.6 Å². The molecule has 1 unspecified atom stereocenters. The van der Waals surface area contributed by atoms with Crippen LogP contribution in [0.15, 0.2) is 0 Å². The third-order valence-electron chi connectivity index (χ3n) is 3.10. The number of hydrogen-bond donors (Lipinski definition) is 1. The molecule has 0 aliphatic heterocycles. The standard InChI is InChI=1S/C11H25ClNO/c1-4-7-8-13(5-2,6-3)10-11(14)9-12/h11,14H,4-10H2,1-3H3/q+1. The number of unbranched alkanes of at least 4 members (excludes halogenated alkanes) is 1. The van der Waals surface area contributed by atoms with Crippen molar-refractivity contribution in [2.24, 2.45) is 0 Å². The molecule has 0 saturated carbocycles. The van der Waals surface area contributed by atoms with Crippen LogP contribution < -0.4 is 0 Å². The van der Waals surface area contributed by atoms with Gasteiger partial charge in [0.15, 0.2) is 0 Å². The minimum Gasteiger partial charge on any atom is -0.386 e. The summed E-state index contributed by atoms with van der Waals surface area (Å²) >= 11 is 5.65. The summed E-state index contributed by atoms with van der Waals surface area (Å²) in [6.07, 6.45) is 2.10. The fraction of sp³-hybridized carbons (Fsp3) is 1.00. The zero-order valence-corrected chi connectivity index (χ0v) is 10.6. The predicted octanol–water partition coefficient (Wildman–Crippen LogP) is 2.24. The lowest BCUT2D eigenvalue weighted by Crippen LogP contribution is -2.52. The molecule has 0 aliphatic rings. The lowest BCUT2D eigenvalue weighted by Gasteiger charge is -2.38. The number of halogens is 1. The quantitative estimate of drug-likeness (QED) is 0.494. The maximum absolute atomic E-state index is 9.61. The van der Waals surface area contributed by atoms with Gasteiger partial charge in [-0.15, -0.1) is 11.6 Å². The molecule has 14 heavy (non-hydrogen) atoms. The van der Waals surface area contributed by atoms with Crippen LogP contribution in [0.25, 0.3) is 0 Å². The molecular weight excluding hydrogens is 198 g/mol. The second kappa shape index (κ2) is 7.49. The molecule has 0 heterocycles. The molecule has 0 spiro atoms. The number of rotatable bonds is 8. The van der Waals surface area contributed by atoms with Crippen LogP contribution >= 0.6 is 11.6 Å². The van der Waals surface area contributed by atoms with Crippen molar-refractivity contribution in [1.29, 1.82) is 0 Å². The maximum atomic E-state index is 9.61. The van der Waals surface area contributed by atoms with E-state index in [0.29, 0.717) is 5.88 Å². The fourth-order valence-electron chi connectivity index (χ4n) is 1.88. The highest BCUT2D eigenvalue weighted by atomic mass is 35.5. The molecule has 0 bridgehead atoms. The SMILES string of the molecule is CCCC[N+](CC)(CC)CC(O)CCl. The van der Waals surface area contributed by atoms with Crippen molar-refractivity contribution in [2.75, 3.05) is 32.1 Å². The number of alkyl halides is 1. The number of likely N-dealkylation sites (N-methyl/N-ethyl adjacent to an activating group) is 1. The van der Waals surface area contributed by atoms with Gasteiger partial charge in [-0.1, -0.05) is 13.3 Å². The molecule has 0 aliphatic carbocycles. The molecular formula is C11H25ClNO+. The molecule has 0 amide bonds. The van der Waals surface area contributed by atoms with Crippen LogP contribution in [-0.4, -0.2) is 47.8 Å². The van der Waals surface area contributed by atoms with Crippen LogP contribution in [0.4, 0.5) is 0 Å². The Bertz CT molecular complexity index is 137. The summed E-state index contributed by atoms with van der Waals surface area (Å²) in [4.78, 5) is 0. The van der Waals surface area contributed by atoms with Crippen molar-refractivity contribution in [3.63, 3.8) is 0 Å². The molecule has 0 aromatic carbocycles. The number of hydrogen-bond acceptors (Lipinski definition) is 1.